The number of aromatic carboxylic acids is 1. The summed E-state index contributed by atoms with van der Waals surface area (Å²) in [6.45, 7) is 10.3. The summed E-state index contributed by atoms with van der Waals surface area (Å²) in [5.74, 6) is -1.35. The SMILES string of the molecule is CCN(Cc1ccc(CN2CCN(c3nccc(C(C)C)c3C(=O)O)CC2)cc1)C(=O)c1c(F)cccc1Cl. The second kappa shape index (κ2) is 12.6. The van der Waals surface area contributed by atoms with Crippen LogP contribution in [-0.2, 0) is 13.1 Å². The maximum Gasteiger partial charge on any atom is 0.339 e. The summed E-state index contributed by atoms with van der Waals surface area (Å²) in [6, 6.07) is 14.1. The van der Waals surface area contributed by atoms with Crippen molar-refractivity contribution in [1.82, 2.24) is 14.8 Å². The minimum Gasteiger partial charge on any atom is -0.478 e. The molecule has 0 aliphatic carbocycles. The molecular formula is C30H34ClFN4O3. The summed E-state index contributed by atoms with van der Waals surface area (Å²) in [7, 11) is 0. The second-order valence-electron chi connectivity index (χ2n) is 10.1. The van der Waals surface area contributed by atoms with E-state index in [9.17, 15) is 19.1 Å². The third kappa shape index (κ3) is 6.57. The molecule has 3 aromatic rings. The highest BCUT2D eigenvalue weighted by Gasteiger charge is 2.26. The van der Waals surface area contributed by atoms with E-state index in [2.05, 4.69) is 14.8 Å². The van der Waals surface area contributed by atoms with E-state index < -0.39 is 17.7 Å². The molecule has 0 saturated carbocycles. The molecule has 1 amide bonds. The molecule has 2 aromatic carbocycles. The van der Waals surface area contributed by atoms with Gasteiger partial charge in [-0.1, -0.05) is 55.8 Å². The molecule has 1 aromatic heterocycles. The van der Waals surface area contributed by atoms with E-state index in [0.29, 0.717) is 37.6 Å². The molecule has 0 radical (unpaired) electrons. The standard InChI is InChI=1S/C30H34ClFN4O3/c1-4-35(29(37)27-24(31)6-5-7-25(27)32)19-22-10-8-21(9-11-22)18-34-14-16-36(17-15-34)28-26(30(38)39)23(20(2)3)12-13-33-28/h5-13,20H,4,14-19H2,1-3H3,(H,38,39). The number of rotatable bonds is 9. The van der Waals surface area contributed by atoms with Crippen LogP contribution in [0.3, 0.4) is 0 Å². The van der Waals surface area contributed by atoms with Gasteiger partial charge >= 0.3 is 5.97 Å². The van der Waals surface area contributed by atoms with Gasteiger partial charge in [-0.05, 0) is 47.7 Å². The molecule has 0 spiro atoms. The van der Waals surface area contributed by atoms with Crippen molar-refractivity contribution in [3.05, 3.63) is 93.4 Å². The minimum atomic E-state index is -0.940. The lowest BCUT2D eigenvalue weighted by Gasteiger charge is -2.36. The summed E-state index contributed by atoms with van der Waals surface area (Å²) in [5.41, 5.74) is 3.09. The molecule has 1 saturated heterocycles. The smallest absolute Gasteiger partial charge is 0.339 e. The van der Waals surface area contributed by atoms with Gasteiger partial charge in [0.2, 0.25) is 0 Å². The van der Waals surface area contributed by atoms with E-state index in [4.69, 9.17) is 11.6 Å². The van der Waals surface area contributed by atoms with Crippen molar-refractivity contribution in [2.75, 3.05) is 37.6 Å². The molecule has 0 atom stereocenters. The van der Waals surface area contributed by atoms with Gasteiger partial charge in [-0.25, -0.2) is 14.2 Å². The number of hydrogen-bond acceptors (Lipinski definition) is 5. The number of amides is 1. The first-order valence-electron chi connectivity index (χ1n) is 13.2. The Morgan fingerprint density at radius 1 is 1.03 bits per heavy atom. The molecule has 2 heterocycles. The maximum absolute atomic E-state index is 14.3. The molecule has 1 aliphatic heterocycles. The number of pyridine rings is 1. The number of halogens is 2. The molecule has 4 rings (SSSR count). The third-order valence-corrected chi connectivity index (χ3v) is 7.43. The molecule has 1 fully saturated rings. The number of nitrogens with zero attached hydrogens (tertiary/aromatic N) is 4. The number of piperazine rings is 1. The van der Waals surface area contributed by atoms with Gasteiger partial charge in [-0.3, -0.25) is 9.69 Å². The Balaban J connectivity index is 1.36. The highest BCUT2D eigenvalue weighted by Crippen LogP contribution is 2.28. The van der Waals surface area contributed by atoms with Crippen molar-refractivity contribution in [2.24, 2.45) is 0 Å². The number of carbonyl (C=O) groups is 2. The molecule has 7 nitrogen and oxygen atoms in total. The zero-order valence-corrected chi connectivity index (χ0v) is 23.3. The molecular weight excluding hydrogens is 519 g/mol. The molecule has 9 heteroatoms. The Morgan fingerprint density at radius 3 is 2.28 bits per heavy atom. The molecule has 0 bridgehead atoms. The fraction of sp³-hybridized carbons (Fsp3) is 0.367. The van der Waals surface area contributed by atoms with E-state index >= 15 is 0 Å². The first kappa shape index (κ1) is 28.5. The summed E-state index contributed by atoms with van der Waals surface area (Å²) < 4.78 is 14.3. The number of benzene rings is 2. The number of anilines is 1. The molecule has 39 heavy (non-hydrogen) atoms. The second-order valence-corrected chi connectivity index (χ2v) is 10.5. The van der Waals surface area contributed by atoms with Gasteiger partial charge in [-0.15, -0.1) is 0 Å². The number of carboxylic acid groups (broad SMARTS) is 1. The Kier molecular flexibility index (Phi) is 9.20. The van der Waals surface area contributed by atoms with E-state index in [0.717, 1.165) is 36.3 Å². The van der Waals surface area contributed by atoms with E-state index in [-0.39, 0.29) is 16.5 Å². The molecule has 0 unspecified atom stereocenters. The number of carboxylic acids is 1. The zero-order chi connectivity index (χ0) is 28.1. The minimum absolute atomic E-state index is 0.0987. The van der Waals surface area contributed by atoms with Crippen molar-refractivity contribution in [1.29, 1.82) is 0 Å². The fourth-order valence-corrected chi connectivity index (χ4v) is 5.18. The topological polar surface area (TPSA) is 77.0 Å². The summed E-state index contributed by atoms with van der Waals surface area (Å²) in [6.07, 6.45) is 1.70. The van der Waals surface area contributed by atoms with Crippen LogP contribution in [0.5, 0.6) is 0 Å². The lowest BCUT2D eigenvalue weighted by atomic mass is 9.98. The van der Waals surface area contributed by atoms with Gasteiger partial charge in [0.05, 0.1) is 10.6 Å². The highest BCUT2D eigenvalue weighted by atomic mass is 35.5. The Hall–Kier alpha value is -3.49. The van der Waals surface area contributed by atoms with E-state index in [1.54, 1.807) is 17.2 Å². The average Bonchev–Trinajstić information content (AvgIpc) is 2.92. The predicted molar refractivity (Wildman–Crippen MR) is 151 cm³/mol. The monoisotopic (exact) mass is 552 g/mol. The van der Waals surface area contributed by atoms with E-state index in [1.165, 1.54) is 18.2 Å². The lowest BCUT2D eigenvalue weighted by Crippen LogP contribution is -2.46. The average molecular weight is 553 g/mol. The van der Waals surface area contributed by atoms with Crippen LogP contribution in [0.2, 0.25) is 5.02 Å². The van der Waals surface area contributed by atoms with Gasteiger partial charge < -0.3 is 14.9 Å². The van der Waals surface area contributed by atoms with Crippen LogP contribution in [0.25, 0.3) is 0 Å². The van der Waals surface area contributed by atoms with Crippen molar-refractivity contribution < 1.29 is 19.1 Å². The van der Waals surface area contributed by atoms with Crippen molar-refractivity contribution in [3.8, 4) is 0 Å². The van der Waals surface area contributed by atoms with Gasteiger partial charge in [0, 0.05) is 52.0 Å². The Morgan fingerprint density at radius 2 is 1.69 bits per heavy atom. The normalized spacial score (nSPS) is 14.1. The maximum atomic E-state index is 14.3. The van der Waals surface area contributed by atoms with Crippen molar-refractivity contribution in [3.63, 3.8) is 0 Å². The van der Waals surface area contributed by atoms with Crippen molar-refractivity contribution in [2.45, 2.75) is 39.8 Å². The highest BCUT2D eigenvalue weighted by molar-refractivity contribution is 6.33. The first-order chi connectivity index (χ1) is 18.7. The van der Waals surface area contributed by atoms with Gasteiger partial charge in [-0.2, -0.15) is 0 Å². The predicted octanol–water partition coefficient (Wildman–Crippen LogP) is 5.68. The van der Waals surface area contributed by atoms with Gasteiger partial charge in [0.15, 0.2) is 0 Å². The molecule has 1 N–H and O–H groups in total. The van der Waals surface area contributed by atoms with Crippen LogP contribution < -0.4 is 4.90 Å². The van der Waals surface area contributed by atoms with Gasteiger partial charge in [0.1, 0.15) is 17.2 Å². The van der Waals surface area contributed by atoms with Crippen LogP contribution in [-0.4, -0.2) is 64.5 Å². The van der Waals surface area contributed by atoms with Crippen LogP contribution >= 0.6 is 11.6 Å². The zero-order valence-electron chi connectivity index (χ0n) is 22.5. The lowest BCUT2D eigenvalue weighted by molar-refractivity contribution is 0.0693. The first-order valence-corrected chi connectivity index (χ1v) is 13.6. The molecule has 1 aliphatic rings. The Labute approximate surface area is 233 Å². The quantitative estimate of drug-likeness (QED) is 0.368. The Bertz CT molecular complexity index is 1300. The number of aromatic nitrogens is 1. The summed E-state index contributed by atoms with van der Waals surface area (Å²) in [5, 5.41) is 9.96. The third-order valence-electron chi connectivity index (χ3n) is 7.12. The van der Waals surface area contributed by atoms with Gasteiger partial charge in [0.25, 0.3) is 5.91 Å². The largest absolute Gasteiger partial charge is 0.478 e. The summed E-state index contributed by atoms with van der Waals surface area (Å²) >= 11 is 6.10. The summed E-state index contributed by atoms with van der Waals surface area (Å²) in [4.78, 5) is 35.4. The van der Waals surface area contributed by atoms with Crippen LogP contribution in [0.1, 0.15) is 64.1 Å². The fourth-order valence-electron chi connectivity index (χ4n) is 4.94. The van der Waals surface area contributed by atoms with E-state index in [1.807, 2.05) is 45.0 Å². The van der Waals surface area contributed by atoms with Crippen molar-refractivity contribution >= 4 is 29.3 Å². The van der Waals surface area contributed by atoms with Crippen LogP contribution in [0.15, 0.2) is 54.7 Å². The van der Waals surface area contributed by atoms with Crippen LogP contribution in [0, 0.1) is 5.82 Å². The molecule has 206 valence electrons. The van der Waals surface area contributed by atoms with Crippen LogP contribution in [0.4, 0.5) is 10.2 Å². The number of hydrogen-bond donors (Lipinski definition) is 1. The number of carbonyl (C=O) groups excluding carboxylic acids is 1.